The van der Waals surface area contributed by atoms with Gasteiger partial charge in [-0.25, -0.2) is 0 Å². The molecule has 1 heterocycles. The molecule has 1 N–H and O–H groups in total. The molecule has 4 nitrogen and oxygen atoms in total. The van der Waals surface area contributed by atoms with Crippen LogP contribution in [0.3, 0.4) is 0 Å². The smallest absolute Gasteiger partial charge is 0.124 e. The zero-order valence-electron chi connectivity index (χ0n) is 13.4. The maximum absolute atomic E-state index is 5.98. The summed E-state index contributed by atoms with van der Waals surface area (Å²) in [5.74, 6) is 1.78. The van der Waals surface area contributed by atoms with Crippen molar-refractivity contribution in [3.05, 3.63) is 23.8 Å². The van der Waals surface area contributed by atoms with E-state index in [1.54, 1.807) is 7.11 Å². The Labute approximate surface area is 127 Å². The van der Waals surface area contributed by atoms with Gasteiger partial charge in [0.1, 0.15) is 18.1 Å². The third-order valence-corrected chi connectivity index (χ3v) is 3.75. The minimum Gasteiger partial charge on any atom is -0.497 e. The molecule has 0 spiro atoms. The van der Waals surface area contributed by atoms with Gasteiger partial charge in [0.25, 0.3) is 0 Å². The zero-order chi connectivity index (χ0) is 15.1. The monoisotopic (exact) mass is 293 g/mol. The van der Waals surface area contributed by atoms with E-state index in [0.717, 1.165) is 49.4 Å². The van der Waals surface area contributed by atoms with Crippen LogP contribution < -0.4 is 14.8 Å². The minimum atomic E-state index is 0.221. The van der Waals surface area contributed by atoms with E-state index in [1.807, 2.05) is 18.2 Å². The summed E-state index contributed by atoms with van der Waals surface area (Å²) in [6.07, 6.45) is 3.91. The molecule has 2 atom stereocenters. The lowest BCUT2D eigenvalue weighted by atomic mass is 10.1. The van der Waals surface area contributed by atoms with Gasteiger partial charge in [0.15, 0.2) is 0 Å². The quantitative estimate of drug-likeness (QED) is 0.748. The Morgan fingerprint density at radius 1 is 1.33 bits per heavy atom. The summed E-state index contributed by atoms with van der Waals surface area (Å²) in [7, 11) is 1.69. The van der Waals surface area contributed by atoms with E-state index in [1.165, 1.54) is 0 Å². The van der Waals surface area contributed by atoms with Crippen molar-refractivity contribution >= 4 is 0 Å². The van der Waals surface area contributed by atoms with Gasteiger partial charge < -0.3 is 19.5 Å². The molecule has 1 saturated heterocycles. The van der Waals surface area contributed by atoms with Crippen molar-refractivity contribution in [3.8, 4) is 11.5 Å². The van der Waals surface area contributed by atoms with Gasteiger partial charge in [0.05, 0.1) is 19.3 Å². The SMILES string of the molecule is CCCNCc1cc(OC)ccc1OCC1CCC(C)O1. The van der Waals surface area contributed by atoms with Gasteiger partial charge in [-0.3, -0.25) is 0 Å². The molecule has 0 bridgehead atoms. The van der Waals surface area contributed by atoms with Gasteiger partial charge in [-0.2, -0.15) is 0 Å². The molecule has 2 rings (SSSR count). The molecule has 1 aromatic rings. The molecule has 1 aliphatic rings. The Morgan fingerprint density at radius 2 is 2.19 bits per heavy atom. The predicted molar refractivity (Wildman–Crippen MR) is 84.1 cm³/mol. The van der Waals surface area contributed by atoms with Crippen LogP contribution in [0.4, 0.5) is 0 Å². The summed E-state index contributed by atoms with van der Waals surface area (Å²) in [4.78, 5) is 0. The Bertz CT molecular complexity index is 436. The molecule has 1 aliphatic heterocycles. The molecular weight excluding hydrogens is 266 g/mol. The fourth-order valence-corrected chi connectivity index (χ4v) is 2.55. The van der Waals surface area contributed by atoms with Crippen LogP contribution in [0.1, 0.15) is 38.7 Å². The van der Waals surface area contributed by atoms with E-state index in [2.05, 4.69) is 19.2 Å². The molecule has 21 heavy (non-hydrogen) atoms. The van der Waals surface area contributed by atoms with Crippen molar-refractivity contribution in [3.63, 3.8) is 0 Å². The van der Waals surface area contributed by atoms with Gasteiger partial charge in [0, 0.05) is 12.1 Å². The molecule has 0 saturated carbocycles. The highest BCUT2D eigenvalue weighted by Gasteiger charge is 2.22. The van der Waals surface area contributed by atoms with E-state index < -0.39 is 0 Å². The van der Waals surface area contributed by atoms with E-state index >= 15 is 0 Å². The number of ether oxygens (including phenoxy) is 3. The first-order valence-electron chi connectivity index (χ1n) is 7.88. The summed E-state index contributed by atoms with van der Waals surface area (Å²) in [5, 5.41) is 3.41. The highest BCUT2D eigenvalue weighted by molar-refractivity contribution is 5.40. The van der Waals surface area contributed by atoms with Crippen LogP contribution in [-0.4, -0.2) is 32.5 Å². The van der Waals surface area contributed by atoms with Gasteiger partial charge in [-0.1, -0.05) is 6.92 Å². The average Bonchev–Trinajstić information content (AvgIpc) is 2.91. The van der Waals surface area contributed by atoms with Crippen molar-refractivity contribution in [1.82, 2.24) is 5.32 Å². The molecular formula is C17H27NO3. The van der Waals surface area contributed by atoms with E-state index in [9.17, 15) is 0 Å². The summed E-state index contributed by atoms with van der Waals surface area (Å²) < 4.78 is 17.1. The maximum atomic E-state index is 5.98. The Morgan fingerprint density at radius 3 is 2.86 bits per heavy atom. The topological polar surface area (TPSA) is 39.7 Å². The minimum absolute atomic E-state index is 0.221. The van der Waals surface area contributed by atoms with Crippen LogP contribution >= 0.6 is 0 Å². The van der Waals surface area contributed by atoms with Gasteiger partial charge in [-0.15, -0.1) is 0 Å². The number of hydrogen-bond donors (Lipinski definition) is 1. The second-order valence-electron chi connectivity index (χ2n) is 5.61. The number of methoxy groups -OCH3 is 1. The summed E-state index contributed by atoms with van der Waals surface area (Å²) in [6, 6.07) is 5.97. The molecule has 4 heteroatoms. The van der Waals surface area contributed by atoms with Crippen LogP contribution in [0.2, 0.25) is 0 Å². The third kappa shape index (κ3) is 4.90. The molecule has 0 amide bonds. The first-order chi connectivity index (χ1) is 10.2. The molecule has 1 fully saturated rings. The number of benzene rings is 1. The van der Waals surface area contributed by atoms with E-state index in [4.69, 9.17) is 14.2 Å². The van der Waals surface area contributed by atoms with Crippen molar-refractivity contribution in [2.24, 2.45) is 0 Å². The van der Waals surface area contributed by atoms with Crippen LogP contribution in [0.5, 0.6) is 11.5 Å². The van der Waals surface area contributed by atoms with Crippen LogP contribution in [0, 0.1) is 0 Å². The van der Waals surface area contributed by atoms with Crippen molar-refractivity contribution < 1.29 is 14.2 Å². The molecule has 0 aliphatic carbocycles. The van der Waals surface area contributed by atoms with Crippen LogP contribution in [0.15, 0.2) is 18.2 Å². The predicted octanol–water partition coefficient (Wildman–Crippen LogP) is 3.14. The lowest BCUT2D eigenvalue weighted by molar-refractivity contribution is 0.0262. The molecule has 2 unspecified atom stereocenters. The highest BCUT2D eigenvalue weighted by Crippen LogP contribution is 2.26. The average molecular weight is 293 g/mol. The summed E-state index contributed by atoms with van der Waals surface area (Å²) >= 11 is 0. The van der Waals surface area contributed by atoms with E-state index in [-0.39, 0.29) is 6.10 Å². The largest absolute Gasteiger partial charge is 0.497 e. The lowest BCUT2D eigenvalue weighted by Crippen LogP contribution is -2.19. The fourth-order valence-electron chi connectivity index (χ4n) is 2.55. The lowest BCUT2D eigenvalue weighted by Gasteiger charge is -2.16. The zero-order valence-corrected chi connectivity index (χ0v) is 13.4. The standard InChI is InChI=1S/C17H27NO3/c1-4-9-18-11-14-10-15(19-3)7-8-17(14)20-12-16-6-5-13(2)21-16/h7-8,10,13,16,18H,4-6,9,11-12H2,1-3H3. The Hall–Kier alpha value is -1.26. The second-order valence-corrected chi connectivity index (χ2v) is 5.61. The number of nitrogens with one attached hydrogen (secondary N) is 1. The van der Waals surface area contributed by atoms with Crippen molar-refractivity contribution in [2.45, 2.75) is 51.9 Å². The number of hydrogen-bond acceptors (Lipinski definition) is 4. The normalized spacial score (nSPS) is 21.5. The van der Waals surface area contributed by atoms with Crippen molar-refractivity contribution in [2.75, 3.05) is 20.3 Å². The fraction of sp³-hybridized carbons (Fsp3) is 0.647. The molecule has 118 valence electrons. The van der Waals surface area contributed by atoms with Crippen LogP contribution in [0.25, 0.3) is 0 Å². The van der Waals surface area contributed by atoms with Crippen molar-refractivity contribution in [1.29, 1.82) is 0 Å². The Balaban J connectivity index is 1.95. The van der Waals surface area contributed by atoms with Crippen LogP contribution in [-0.2, 0) is 11.3 Å². The molecule has 0 aromatic heterocycles. The third-order valence-electron chi connectivity index (χ3n) is 3.75. The summed E-state index contributed by atoms with van der Waals surface area (Å²) in [5.41, 5.74) is 1.13. The van der Waals surface area contributed by atoms with Gasteiger partial charge >= 0.3 is 0 Å². The highest BCUT2D eigenvalue weighted by atomic mass is 16.5. The Kier molecular flexibility index (Phi) is 6.33. The molecule has 1 aromatic carbocycles. The summed E-state index contributed by atoms with van der Waals surface area (Å²) in [6.45, 7) is 6.70. The molecule has 0 radical (unpaired) electrons. The van der Waals surface area contributed by atoms with E-state index in [0.29, 0.717) is 12.7 Å². The number of rotatable bonds is 8. The second kappa shape index (κ2) is 8.25. The van der Waals surface area contributed by atoms with Gasteiger partial charge in [0.2, 0.25) is 0 Å². The first kappa shape index (κ1) is 16.1. The maximum Gasteiger partial charge on any atom is 0.124 e. The first-order valence-corrected chi connectivity index (χ1v) is 7.88. The van der Waals surface area contributed by atoms with Gasteiger partial charge in [-0.05, 0) is 50.9 Å².